The molecule has 2 aromatic rings. The van der Waals surface area contributed by atoms with Gasteiger partial charge >= 0.3 is 6.18 Å². The van der Waals surface area contributed by atoms with Gasteiger partial charge in [0.2, 0.25) is 0 Å². The van der Waals surface area contributed by atoms with E-state index in [2.05, 4.69) is 36.2 Å². The summed E-state index contributed by atoms with van der Waals surface area (Å²) in [5.41, 5.74) is 2.43. The van der Waals surface area contributed by atoms with Crippen molar-refractivity contribution < 1.29 is 13.2 Å². The van der Waals surface area contributed by atoms with E-state index in [0.717, 1.165) is 55.9 Å². The van der Waals surface area contributed by atoms with E-state index in [9.17, 15) is 13.2 Å². The summed E-state index contributed by atoms with van der Waals surface area (Å²) in [6, 6.07) is 14.1. The van der Waals surface area contributed by atoms with Crippen LogP contribution in [0.15, 0.2) is 48.5 Å². The van der Waals surface area contributed by atoms with Gasteiger partial charge in [-0.25, -0.2) is 0 Å². The number of halogens is 3. The standard InChI is InChI=1S/C23H29F3N2/c1-3-4-17(2)22(28-15-13-27-14-16-28)20-7-5-18(6-8-20)19-9-11-21(12-10-19)23(24,25)26/h5-12,17,22,27H,3-4,13-16H2,1-2H3/t17?,22-/m0/s1. The number of hydrogen-bond donors (Lipinski definition) is 1. The van der Waals surface area contributed by atoms with Crippen LogP contribution in [0.2, 0.25) is 0 Å². The average molecular weight is 390 g/mol. The Bertz CT molecular complexity index is 732. The molecule has 0 spiro atoms. The highest BCUT2D eigenvalue weighted by molar-refractivity contribution is 5.64. The molecule has 2 atom stereocenters. The molecule has 1 fully saturated rings. The lowest BCUT2D eigenvalue weighted by atomic mass is 9.88. The predicted octanol–water partition coefficient (Wildman–Crippen LogP) is 5.75. The van der Waals surface area contributed by atoms with Gasteiger partial charge in [-0.3, -0.25) is 4.90 Å². The molecule has 3 rings (SSSR count). The molecular weight excluding hydrogens is 361 g/mol. The smallest absolute Gasteiger partial charge is 0.314 e. The summed E-state index contributed by atoms with van der Waals surface area (Å²) in [5.74, 6) is 0.556. The molecule has 0 radical (unpaired) electrons. The van der Waals surface area contributed by atoms with E-state index in [4.69, 9.17) is 0 Å². The second kappa shape index (κ2) is 9.10. The molecule has 0 aromatic heterocycles. The summed E-state index contributed by atoms with van der Waals surface area (Å²) in [6.07, 6.45) is -1.96. The molecule has 28 heavy (non-hydrogen) atoms. The molecule has 1 aliphatic heterocycles. The van der Waals surface area contributed by atoms with E-state index in [0.29, 0.717) is 12.0 Å². The third kappa shape index (κ3) is 4.95. The normalized spacial score (nSPS) is 18.0. The minimum Gasteiger partial charge on any atom is -0.314 e. The van der Waals surface area contributed by atoms with Crippen LogP contribution in [0.25, 0.3) is 11.1 Å². The highest BCUT2D eigenvalue weighted by Gasteiger charge is 2.30. The lowest BCUT2D eigenvalue weighted by molar-refractivity contribution is -0.137. The van der Waals surface area contributed by atoms with Gasteiger partial charge in [0.1, 0.15) is 0 Å². The van der Waals surface area contributed by atoms with E-state index in [-0.39, 0.29) is 0 Å². The largest absolute Gasteiger partial charge is 0.416 e. The van der Waals surface area contributed by atoms with Crippen LogP contribution in [-0.2, 0) is 6.18 Å². The van der Waals surface area contributed by atoms with Crippen molar-refractivity contribution in [3.8, 4) is 11.1 Å². The molecule has 152 valence electrons. The Balaban J connectivity index is 1.82. The molecule has 1 unspecified atom stereocenters. The van der Waals surface area contributed by atoms with Crippen LogP contribution in [0, 0.1) is 5.92 Å². The van der Waals surface area contributed by atoms with Gasteiger partial charge in [-0.1, -0.05) is 56.7 Å². The molecular formula is C23H29F3N2. The van der Waals surface area contributed by atoms with E-state index < -0.39 is 11.7 Å². The summed E-state index contributed by atoms with van der Waals surface area (Å²) in [7, 11) is 0. The first-order valence-electron chi connectivity index (χ1n) is 10.1. The molecule has 2 nitrogen and oxygen atoms in total. The monoisotopic (exact) mass is 390 g/mol. The Kier molecular flexibility index (Phi) is 6.78. The maximum absolute atomic E-state index is 12.8. The Morgan fingerprint density at radius 3 is 1.96 bits per heavy atom. The fourth-order valence-corrected chi connectivity index (χ4v) is 4.20. The molecule has 1 heterocycles. The van der Waals surface area contributed by atoms with Gasteiger partial charge in [-0.15, -0.1) is 0 Å². The van der Waals surface area contributed by atoms with Gasteiger partial charge in [0, 0.05) is 32.2 Å². The van der Waals surface area contributed by atoms with E-state index in [1.165, 1.54) is 12.0 Å². The van der Waals surface area contributed by atoms with Gasteiger partial charge in [-0.05, 0) is 41.2 Å². The third-order valence-electron chi connectivity index (χ3n) is 5.63. The number of benzene rings is 2. The zero-order valence-corrected chi connectivity index (χ0v) is 16.6. The molecule has 5 heteroatoms. The fraction of sp³-hybridized carbons (Fsp3) is 0.478. The van der Waals surface area contributed by atoms with Crippen molar-refractivity contribution in [3.63, 3.8) is 0 Å². The van der Waals surface area contributed by atoms with Crippen LogP contribution in [0.5, 0.6) is 0 Å². The van der Waals surface area contributed by atoms with Crippen molar-refractivity contribution in [3.05, 3.63) is 59.7 Å². The number of rotatable bonds is 6. The van der Waals surface area contributed by atoms with Crippen LogP contribution in [-0.4, -0.2) is 31.1 Å². The van der Waals surface area contributed by atoms with Crippen molar-refractivity contribution in [1.29, 1.82) is 0 Å². The predicted molar refractivity (Wildman–Crippen MR) is 108 cm³/mol. The second-order valence-corrected chi connectivity index (χ2v) is 7.69. The van der Waals surface area contributed by atoms with Crippen molar-refractivity contribution in [1.82, 2.24) is 10.2 Å². The lowest BCUT2D eigenvalue weighted by Crippen LogP contribution is -2.46. The highest BCUT2D eigenvalue weighted by Crippen LogP contribution is 2.34. The Morgan fingerprint density at radius 1 is 0.929 bits per heavy atom. The van der Waals surface area contributed by atoms with E-state index in [1.54, 1.807) is 12.1 Å². The molecule has 2 aromatic carbocycles. The van der Waals surface area contributed by atoms with Crippen LogP contribution < -0.4 is 5.32 Å². The highest BCUT2D eigenvalue weighted by atomic mass is 19.4. The van der Waals surface area contributed by atoms with Gasteiger partial charge in [-0.2, -0.15) is 13.2 Å². The Labute approximate surface area is 165 Å². The Hall–Kier alpha value is -1.85. The maximum atomic E-state index is 12.8. The average Bonchev–Trinajstić information content (AvgIpc) is 2.69. The van der Waals surface area contributed by atoms with Crippen LogP contribution in [0.1, 0.15) is 43.9 Å². The van der Waals surface area contributed by atoms with Crippen LogP contribution in [0.3, 0.4) is 0 Å². The molecule has 0 amide bonds. The quantitative estimate of drug-likeness (QED) is 0.675. The van der Waals surface area contributed by atoms with Crippen molar-refractivity contribution >= 4 is 0 Å². The molecule has 1 aliphatic rings. The second-order valence-electron chi connectivity index (χ2n) is 7.69. The number of piperazine rings is 1. The van der Waals surface area contributed by atoms with Gasteiger partial charge in [0.05, 0.1) is 5.56 Å². The molecule has 0 aliphatic carbocycles. The molecule has 1 saturated heterocycles. The molecule has 0 saturated carbocycles. The van der Waals surface area contributed by atoms with Crippen LogP contribution >= 0.6 is 0 Å². The summed E-state index contributed by atoms with van der Waals surface area (Å²) < 4.78 is 38.3. The summed E-state index contributed by atoms with van der Waals surface area (Å²) >= 11 is 0. The topological polar surface area (TPSA) is 15.3 Å². The number of hydrogen-bond acceptors (Lipinski definition) is 2. The van der Waals surface area contributed by atoms with Crippen molar-refractivity contribution in [2.45, 2.75) is 38.9 Å². The van der Waals surface area contributed by atoms with E-state index >= 15 is 0 Å². The van der Waals surface area contributed by atoms with Gasteiger partial charge < -0.3 is 5.32 Å². The summed E-state index contributed by atoms with van der Waals surface area (Å²) in [5, 5.41) is 3.42. The van der Waals surface area contributed by atoms with E-state index in [1.807, 2.05) is 12.1 Å². The first-order chi connectivity index (χ1) is 13.4. The van der Waals surface area contributed by atoms with Crippen LogP contribution in [0.4, 0.5) is 13.2 Å². The lowest BCUT2D eigenvalue weighted by Gasteiger charge is -2.38. The van der Waals surface area contributed by atoms with Gasteiger partial charge in [0.25, 0.3) is 0 Å². The first kappa shape index (κ1) is 20.9. The van der Waals surface area contributed by atoms with Gasteiger partial charge in [0.15, 0.2) is 0 Å². The molecule has 0 bridgehead atoms. The number of nitrogens with one attached hydrogen (secondary N) is 1. The SMILES string of the molecule is CCCC(C)[C@@H](c1ccc(-c2ccc(C(F)(F)F)cc2)cc1)N1CCNCC1. The zero-order valence-electron chi connectivity index (χ0n) is 16.6. The fourth-order valence-electron chi connectivity index (χ4n) is 4.20. The zero-order chi connectivity index (χ0) is 20.1. The van der Waals surface area contributed by atoms with Crippen molar-refractivity contribution in [2.24, 2.45) is 5.92 Å². The summed E-state index contributed by atoms with van der Waals surface area (Å²) in [6.45, 7) is 8.65. The van der Waals surface area contributed by atoms with Crippen molar-refractivity contribution in [2.75, 3.05) is 26.2 Å². The Morgan fingerprint density at radius 2 is 1.46 bits per heavy atom. The third-order valence-corrected chi connectivity index (χ3v) is 5.63. The molecule has 1 N–H and O–H groups in total. The first-order valence-corrected chi connectivity index (χ1v) is 10.1. The maximum Gasteiger partial charge on any atom is 0.416 e. The number of alkyl halides is 3. The number of nitrogens with zero attached hydrogens (tertiary/aromatic N) is 1. The minimum atomic E-state index is -4.30. The minimum absolute atomic E-state index is 0.378. The summed E-state index contributed by atoms with van der Waals surface area (Å²) in [4.78, 5) is 2.56.